The Labute approximate surface area is 128 Å². The highest BCUT2D eigenvalue weighted by Gasteiger charge is 2.19. The largest absolute Gasteiger partial charge is 0.493 e. The van der Waals surface area contributed by atoms with Crippen LogP contribution in [-0.2, 0) is 0 Å². The predicted molar refractivity (Wildman–Crippen MR) is 81.7 cm³/mol. The first-order valence-corrected chi connectivity index (χ1v) is 6.78. The van der Waals surface area contributed by atoms with Gasteiger partial charge < -0.3 is 15.2 Å². The van der Waals surface area contributed by atoms with E-state index in [1.54, 1.807) is 12.1 Å². The van der Waals surface area contributed by atoms with Gasteiger partial charge in [0, 0.05) is 16.7 Å². The predicted octanol–water partition coefficient (Wildman–Crippen LogP) is 3.85. The molecule has 0 aliphatic rings. The molecule has 5 heteroatoms. The smallest absolute Gasteiger partial charge is 0.163 e. The third kappa shape index (κ3) is 3.12. The molecule has 2 aromatic carbocycles. The summed E-state index contributed by atoms with van der Waals surface area (Å²) in [4.78, 5) is 0. The van der Waals surface area contributed by atoms with Crippen molar-refractivity contribution in [1.82, 2.24) is 0 Å². The number of ether oxygens (including phenoxy) is 2. The Morgan fingerprint density at radius 2 is 1.67 bits per heavy atom. The molecule has 2 N–H and O–H groups in total. The van der Waals surface area contributed by atoms with Crippen LogP contribution in [0.1, 0.15) is 22.7 Å². The number of benzene rings is 2. The fraction of sp³-hybridized carbons (Fsp3) is 0.250. The lowest BCUT2D eigenvalue weighted by atomic mass is 9.97. The second-order valence-corrected chi connectivity index (χ2v) is 5.14. The van der Waals surface area contributed by atoms with E-state index in [9.17, 15) is 4.39 Å². The average molecular weight is 310 g/mol. The lowest BCUT2D eigenvalue weighted by molar-refractivity contribution is 0.351. The number of methoxy groups -OCH3 is 2. The summed E-state index contributed by atoms with van der Waals surface area (Å²) in [5.41, 5.74) is 8.14. The monoisotopic (exact) mass is 309 g/mol. The minimum atomic E-state index is -0.682. The van der Waals surface area contributed by atoms with Crippen molar-refractivity contribution in [2.75, 3.05) is 14.2 Å². The van der Waals surface area contributed by atoms with Crippen molar-refractivity contribution in [2.45, 2.75) is 13.0 Å². The van der Waals surface area contributed by atoms with Crippen LogP contribution >= 0.6 is 11.6 Å². The molecule has 112 valence electrons. The standard InChI is InChI=1S/C16H17ClFNO2/c1-9-4-5-10(12(17)6-9)16(19)11-7-14(20-2)15(21-3)8-13(11)18/h4-8,16H,19H2,1-3H3. The summed E-state index contributed by atoms with van der Waals surface area (Å²) in [7, 11) is 2.94. The molecule has 0 fully saturated rings. The molecule has 0 aromatic heterocycles. The van der Waals surface area contributed by atoms with Crippen LogP contribution in [-0.4, -0.2) is 14.2 Å². The van der Waals surface area contributed by atoms with Crippen LogP contribution in [0.5, 0.6) is 11.5 Å². The van der Waals surface area contributed by atoms with E-state index in [0.29, 0.717) is 27.6 Å². The maximum Gasteiger partial charge on any atom is 0.163 e. The molecule has 3 nitrogen and oxygen atoms in total. The van der Waals surface area contributed by atoms with Crippen LogP contribution in [0.2, 0.25) is 5.02 Å². The zero-order valence-electron chi connectivity index (χ0n) is 12.1. The number of hydrogen-bond donors (Lipinski definition) is 1. The van der Waals surface area contributed by atoms with Gasteiger partial charge in [-0.2, -0.15) is 0 Å². The topological polar surface area (TPSA) is 44.5 Å². The van der Waals surface area contributed by atoms with Crippen molar-refractivity contribution in [1.29, 1.82) is 0 Å². The molecule has 0 aliphatic carbocycles. The number of nitrogens with two attached hydrogens (primary N) is 1. The van der Waals surface area contributed by atoms with Gasteiger partial charge in [-0.25, -0.2) is 4.39 Å². The van der Waals surface area contributed by atoms with Gasteiger partial charge in [0.05, 0.1) is 20.3 Å². The van der Waals surface area contributed by atoms with Crippen molar-refractivity contribution in [2.24, 2.45) is 5.73 Å². The second kappa shape index (κ2) is 6.33. The first kappa shape index (κ1) is 15.6. The zero-order valence-corrected chi connectivity index (χ0v) is 12.9. The summed E-state index contributed by atoms with van der Waals surface area (Å²) >= 11 is 6.20. The molecular weight excluding hydrogens is 293 g/mol. The molecule has 2 rings (SSSR count). The maximum atomic E-state index is 14.2. The Hall–Kier alpha value is -1.78. The van der Waals surface area contributed by atoms with Gasteiger partial charge in [0.1, 0.15) is 5.82 Å². The van der Waals surface area contributed by atoms with E-state index in [4.69, 9.17) is 26.8 Å². The van der Waals surface area contributed by atoms with E-state index in [1.165, 1.54) is 26.4 Å². The Morgan fingerprint density at radius 3 is 2.24 bits per heavy atom. The molecule has 1 atom stereocenters. The van der Waals surface area contributed by atoms with E-state index in [-0.39, 0.29) is 0 Å². The van der Waals surface area contributed by atoms with Crippen LogP contribution in [0, 0.1) is 12.7 Å². The highest BCUT2D eigenvalue weighted by Crippen LogP contribution is 2.35. The van der Waals surface area contributed by atoms with Crippen LogP contribution in [0.25, 0.3) is 0 Å². The fourth-order valence-corrected chi connectivity index (χ4v) is 2.51. The first-order valence-electron chi connectivity index (χ1n) is 6.41. The Bertz CT molecular complexity index is 661. The van der Waals surface area contributed by atoms with Gasteiger partial charge in [0.15, 0.2) is 11.5 Å². The highest BCUT2D eigenvalue weighted by molar-refractivity contribution is 6.31. The molecule has 0 bridgehead atoms. The number of hydrogen-bond acceptors (Lipinski definition) is 3. The number of aryl methyl sites for hydroxylation is 1. The van der Waals surface area contributed by atoms with E-state index in [1.807, 2.05) is 13.0 Å². The van der Waals surface area contributed by atoms with Gasteiger partial charge in [-0.05, 0) is 30.2 Å². The Kier molecular flexibility index (Phi) is 4.70. The highest BCUT2D eigenvalue weighted by atomic mass is 35.5. The van der Waals surface area contributed by atoms with Gasteiger partial charge in [0.2, 0.25) is 0 Å². The van der Waals surface area contributed by atoms with Crippen molar-refractivity contribution >= 4 is 11.6 Å². The van der Waals surface area contributed by atoms with Crippen molar-refractivity contribution in [3.05, 3.63) is 57.9 Å². The third-order valence-electron chi connectivity index (χ3n) is 3.33. The zero-order chi connectivity index (χ0) is 15.6. The first-order chi connectivity index (χ1) is 9.97. The number of rotatable bonds is 4. The summed E-state index contributed by atoms with van der Waals surface area (Å²) in [6.45, 7) is 1.93. The molecule has 0 saturated heterocycles. The normalized spacial score (nSPS) is 12.1. The van der Waals surface area contributed by atoms with Crippen molar-refractivity contribution < 1.29 is 13.9 Å². The van der Waals surface area contributed by atoms with E-state index >= 15 is 0 Å². The summed E-state index contributed by atoms with van der Waals surface area (Å²) in [6.07, 6.45) is 0. The van der Waals surface area contributed by atoms with Gasteiger partial charge in [-0.1, -0.05) is 23.7 Å². The molecular formula is C16H17ClFNO2. The van der Waals surface area contributed by atoms with E-state index in [0.717, 1.165) is 5.56 Å². The van der Waals surface area contributed by atoms with Crippen molar-refractivity contribution in [3.63, 3.8) is 0 Å². The molecule has 0 heterocycles. The Morgan fingerprint density at radius 1 is 1.05 bits per heavy atom. The minimum absolute atomic E-state index is 0.304. The van der Waals surface area contributed by atoms with Gasteiger partial charge in [-0.3, -0.25) is 0 Å². The SMILES string of the molecule is COc1cc(F)c(C(N)c2ccc(C)cc2Cl)cc1OC. The van der Waals surface area contributed by atoms with E-state index < -0.39 is 11.9 Å². The minimum Gasteiger partial charge on any atom is -0.493 e. The third-order valence-corrected chi connectivity index (χ3v) is 3.66. The molecule has 0 amide bonds. The van der Waals surface area contributed by atoms with Crippen LogP contribution < -0.4 is 15.2 Å². The van der Waals surface area contributed by atoms with Crippen LogP contribution in [0.15, 0.2) is 30.3 Å². The molecule has 2 aromatic rings. The number of halogens is 2. The molecule has 0 spiro atoms. The molecule has 1 unspecified atom stereocenters. The van der Waals surface area contributed by atoms with Crippen LogP contribution in [0.3, 0.4) is 0 Å². The lowest BCUT2D eigenvalue weighted by Gasteiger charge is -2.17. The summed E-state index contributed by atoms with van der Waals surface area (Å²) in [6, 6.07) is 7.61. The van der Waals surface area contributed by atoms with Crippen LogP contribution in [0.4, 0.5) is 4.39 Å². The maximum absolute atomic E-state index is 14.2. The summed E-state index contributed by atoms with van der Waals surface area (Å²) in [5.74, 6) is 0.283. The molecule has 0 aliphatic heterocycles. The van der Waals surface area contributed by atoms with Gasteiger partial charge in [-0.15, -0.1) is 0 Å². The Balaban J connectivity index is 2.50. The average Bonchev–Trinajstić information content (AvgIpc) is 2.46. The molecule has 0 radical (unpaired) electrons. The second-order valence-electron chi connectivity index (χ2n) is 4.73. The summed E-state index contributed by atoms with van der Waals surface area (Å²) < 4.78 is 24.5. The lowest BCUT2D eigenvalue weighted by Crippen LogP contribution is -2.14. The quantitative estimate of drug-likeness (QED) is 0.933. The molecule has 0 saturated carbocycles. The van der Waals surface area contributed by atoms with Gasteiger partial charge in [0.25, 0.3) is 0 Å². The van der Waals surface area contributed by atoms with E-state index in [2.05, 4.69) is 0 Å². The summed E-state index contributed by atoms with van der Waals surface area (Å²) in [5, 5.41) is 0.511. The fourth-order valence-electron chi connectivity index (χ4n) is 2.16. The van der Waals surface area contributed by atoms with Gasteiger partial charge >= 0.3 is 0 Å². The van der Waals surface area contributed by atoms with Crippen molar-refractivity contribution in [3.8, 4) is 11.5 Å². The molecule has 21 heavy (non-hydrogen) atoms.